The Hall–Kier alpha value is -0.740. The fraction of sp³-hybridized carbons (Fsp3) is 0.700. The molecule has 1 aliphatic carbocycles. The third-order valence-corrected chi connectivity index (χ3v) is 12.5. The van der Waals surface area contributed by atoms with E-state index in [1.165, 1.54) is 22.4 Å². The van der Waals surface area contributed by atoms with Crippen molar-refractivity contribution in [1.82, 2.24) is 9.55 Å². The summed E-state index contributed by atoms with van der Waals surface area (Å²) in [5.74, 6) is 0.161. The number of fused-ring (bicyclic) bond motifs is 1. The van der Waals surface area contributed by atoms with E-state index < -0.39 is 35.4 Å². The summed E-state index contributed by atoms with van der Waals surface area (Å²) < 4.78 is 19.5. The third-order valence-electron chi connectivity index (χ3n) is 6.70. The second-order valence-electron chi connectivity index (χ2n) is 8.99. The molecule has 172 valence electrons. The lowest BCUT2D eigenvalue weighted by Gasteiger charge is -2.37. The van der Waals surface area contributed by atoms with Crippen molar-refractivity contribution < 1.29 is 18.9 Å². The van der Waals surface area contributed by atoms with Crippen LogP contribution in [0.1, 0.15) is 46.3 Å². The Morgan fingerprint density at radius 1 is 1.55 bits per heavy atom. The fourth-order valence-corrected chi connectivity index (χ4v) is 11.7. The number of rotatable bonds is 5. The highest BCUT2D eigenvalue weighted by molar-refractivity contribution is 8.68. The molecule has 0 spiro atoms. The van der Waals surface area contributed by atoms with Crippen LogP contribution in [0, 0.1) is 11.8 Å². The Morgan fingerprint density at radius 2 is 2.29 bits per heavy atom. The summed E-state index contributed by atoms with van der Waals surface area (Å²) in [5.41, 5.74) is -2.51. The van der Waals surface area contributed by atoms with Crippen molar-refractivity contribution in [2.75, 3.05) is 6.61 Å². The van der Waals surface area contributed by atoms with Crippen LogP contribution in [0.25, 0.3) is 0 Å². The molecule has 11 heteroatoms. The number of ether oxygens (including phenoxy) is 1. The number of aliphatic hydroxyl groups is 1. The van der Waals surface area contributed by atoms with Crippen molar-refractivity contribution in [1.29, 1.82) is 0 Å². The van der Waals surface area contributed by atoms with Crippen molar-refractivity contribution in [3.05, 3.63) is 45.3 Å². The number of allylic oxidation sites excluding steroid dienone is 1. The monoisotopic (exact) mass is 488 g/mol. The molecule has 2 aliphatic heterocycles. The summed E-state index contributed by atoms with van der Waals surface area (Å²) in [6, 6.07) is 1.22. The van der Waals surface area contributed by atoms with Crippen LogP contribution in [0.2, 0.25) is 0 Å². The normalized spacial score (nSPS) is 42.5. The molecule has 31 heavy (non-hydrogen) atoms. The Labute approximate surface area is 190 Å². The highest BCUT2D eigenvalue weighted by atomic mass is 32.9. The van der Waals surface area contributed by atoms with Crippen molar-refractivity contribution in [2.24, 2.45) is 11.8 Å². The molecule has 8 atom stereocenters. The predicted octanol–water partition coefficient (Wildman–Crippen LogP) is 2.94. The number of hydrogen-bond donors (Lipinski definition) is 2. The lowest BCUT2D eigenvalue weighted by Crippen LogP contribution is -2.39. The maximum Gasteiger partial charge on any atom is 0.330 e. The van der Waals surface area contributed by atoms with E-state index >= 15 is 0 Å². The van der Waals surface area contributed by atoms with Gasteiger partial charge < -0.3 is 18.9 Å². The van der Waals surface area contributed by atoms with Crippen LogP contribution in [0.15, 0.2) is 34.0 Å². The molecule has 3 aliphatic rings. The minimum Gasteiger partial charge on any atom is -0.388 e. The lowest BCUT2D eigenvalue weighted by molar-refractivity contribution is -0.0508. The van der Waals surface area contributed by atoms with Gasteiger partial charge in [0, 0.05) is 22.9 Å². The Kier molecular flexibility index (Phi) is 6.46. The van der Waals surface area contributed by atoms with Crippen LogP contribution < -0.4 is 11.2 Å². The molecule has 8 nitrogen and oxygen atoms in total. The van der Waals surface area contributed by atoms with Gasteiger partial charge in [-0.1, -0.05) is 30.5 Å². The average Bonchev–Trinajstić information content (AvgIpc) is 3.12. The SMILES string of the molecule is C=C(C)[C@@H]1CC[C@]2(C)S[P@@](=S)(OC[C@H]3O[C@@H](n4ccc(=O)[nH]c4=O)[C@H](O)[C@@H]3C)O[C@H]2C1. The van der Waals surface area contributed by atoms with E-state index in [1.807, 2.05) is 6.92 Å². The molecule has 4 rings (SSSR count). The van der Waals surface area contributed by atoms with Crippen molar-refractivity contribution in [3.8, 4) is 0 Å². The Bertz CT molecular complexity index is 1030. The highest BCUT2D eigenvalue weighted by Gasteiger charge is 2.54. The number of aromatic nitrogens is 2. The zero-order valence-corrected chi connectivity index (χ0v) is 20.4. The van der Waals surface area contributed by atoms with E-state index in [0.717, 1.165) is 19.3 Å². The second kappa shape index (κ2) is 8.56. The largest absolute Gasteiger partial charge is 0.388 e. The highest BCUT2D eigenvalue weighted by Crippen LogP contribution is 2.75. The van der Waals surface area contributed by atoms with Crippen molar-refractivity contribution in [2.45, 2.75) is 69.3 Å². The molecule has 0 bridgehead atoms. The van der Waals surface area contributed by atoms with Gasteiger partial charge in [-0.25, -0.2) is 4.79 Å². The van der Waals surface area contributed by atoms with E-state index in [4.69, 9.17) is 25.6 Å². The first-order valence-corrected chi connectivity index (χ1v) is 14.5. The summed E-state index contributed by atoms with van der Waals surface area (Å²) in [7, 11) is 0. The van der Waals surface area contributed by atoms with Crippen molar-refractivity contribution >= 4 is 28.9 Å². The molecule has 0 amide bonds. The third kappa shape index (κ3) is 4.53. The minimum atomic E-state index is -2.56. The molecule has 0 aromatic carbocycles. The second-order valence-corrected chi connectivity index (χ2v) is 15.6. The van der Waals surface area contributed by atoms with Gasteiger partial charge in [-0.15, -0.1) is 0 Å². The smallest absolute Gasteiger partial charge is 0.330 e. The van der Waals surface area contributed by atoms with E-state index in [9.17, 15) is 14.7 Å². The standard InChI is InChI=1S/C20H29N2O6PS2/c1-11(2)13-5-7-20(4)15(9-13)28-29(30,31-20)26-10-14-12(3)17(24)18(27-14)22-8-6-16(23)21-19(22)25/h6,8,12-15,17-18,24H,1,5,7,9-10H2,2-4H3,(H,21,23,25)/t12-,13-,14-,15+,17-,18-,20+,29+/m1/s1. The fourth-order valence-electron chi connectivity index (χ4n) is 4.52. The maximum absolute atomic E-state index is 12.1. The molecule has 3 fully saturated rings. The first-order chi connectivity index (χ1) is 14.5. The summed E-state index contributed by atoms with van der Waals surface area (Å²) in [6.07, 6.45) is 2.08. The van der Waals surface area contributed by atoms with E-state index in [1.54, 1.807) is 11.4 Å². The number of hydrogen-bond acceptors (Lipinski definition) is 8. The van der Waals surface area contributed by atoms with E-state index in [2.05, 4.69) is 25.4 Å². The molecule has 1 aromatic heterocycles. The van der Waals surface area contributed by atoms with Gasteiger partial charge in [0.2, 0.25) is 5.69 Å². The summed E-state index contributed by atoms with van der Waals surface area (Å²) in [5, 5.41) is 10.6. The molecule has 3 heterocycles. The van der Waals surface area contributed by atoms with Gasteiger partial charge in [-0.05, 0) is 50.8 Å². The first-order valence-electron chi connectivity index (χ1n) is 10.5. The van der Waals surface area contributed by atoms with Crippen molar-refractivity contribution in [3.63, 3.8) is 0 Å². The summed E-state index contributed by atoms with van der Waals surface area (Å²) in [6.45, 7) is 10.4. The number of H-pyrrole nitrogens is 1. The van der Waals surface area contributed by atoms with Gasteiger partial charge in [0.1, 0.15) is 6.10 Å². The molecule has 2 N–H and O–H groups in total. The van der Waals surface area contributed by atoms with Gasteiger partial charge >= 0.3 is 5.69 Å². The summed E-state index contributed by atoms with van der Waals surface area (Å²) in [4.78, 5) is 25.6. The minimum absolute atomic E-state index is 0.0405. The average molecular weight is 489 g/mol. The predicted molar refractivity (Wildman–Crippen MR) is 124 cm³/mol. The molecule has 0 radical (unpaired) electrons. The molecular weight excluding hydrogens is 459 g/mol. The maximum atomic E-state index is 12.1. The number of nitrogens with zero attached hydrogens (tertiary/aromatic N) is 1. The van der Waals surface area contributed by atoms with Crippen LogP contribution in [-0.4, -0.2) is 44.3 Å². The van der Waals surface area contributed by atoms with Gasteiger partial charge in [-0.3, -0.25) is 14.3 Å². The van der Waals surface area contributed by atoms with Gasteiger partial charge in [-0.2, -0.15) is 0 Å². The van der Waals surface area contributed by atoms with Crippen LogP contribution in [0.3, 0.4) is 0 Å². The quantitative estimate of drug-likeness (QED) is 0.482. The first kappa shape index (κ1) is 23.4. The number of aromatic amines is 1. The Balaban J connectivity index is 1.42. The molecule has 1 saturated carbocycles. The van der Waals surface area contributed by atoms with Gasteiger partial charge in [0.15, 0.2) is 6.23 Å². The van der Waals surface area contributed by atoms with Crippen LogP contribution in [-0.2, 0) is 25.6 Å². The summed E-state index contributed by atoms with van der Waals surface area (Å²) >= 11 is 7.45. The van der Waals surface area contributed by atoms with Gasteiger partial charge in [0.25, 0.3) is 5.56 Å². The van der Waals surface area contributed by atoms with E-state index in [0.29, 0.717) is 5.92 Å². The molecular formula is C20H29N2O6PS2. The van der Waals surface area contributed by atoms with E-state index in [-0.39, 0.29) is 23.4 Å². The van der Waals surface area contributed by atoms with Crippen LogP contribution in [0.4, 0.5) is 0 Å². The molecule has 0 unspecified atom stereocenters. The zero-order chi connectivity index (χ0) is 22.6. The lowest BCUT2D eigenvalue weighted by atomic mass is 9.77. The van der Waals surface area contributed by atoms with Crippen LogP contribution >= 0.6 is 17.1 Å². The Morgan fingerprint density at radius 3 is 2.97 bits per heavy atom. The zero-order valence-electron chi connectivity index (χ0n) is 17.9. The topological polar surface area (TPSA) is 103 Å². The molecule has 2 saturated heterocycles. The van der Waals surface area contributed by atoms with Crippen LogP contribution in [0.5, 0.6) is 0 Å². The number of nitrogens with one attached hydrogen (secondary N) is 1. The number of aliphatic hydroxyl groups excluding tert-OH is 1. The molecule has 1 aromatic rings. The van der Waals surface area contributed by atoms with Gasteiger partial charge in [0.05, 0.1) is 18.8 Å².